The molecule has 2 heterocycles. The molecular weight excluding hydrogens is 399 g/mol. The molecule has 0 saturated carbocycles. The van der Waals surface area contributed by atoms with E-state index in [1.807, 2.05) is 0 Å². The van der Waals surface area contributed by atoms with Crippen LogP contribution in [0.5, 0.6) is 5.75 Å². The first-order chi connectivity index (χ1) is 14.2. The number of likely N-dealkylation sites (tertiary alicyclic amines) is 1. The smallest absolute Gasteiger partial charge is 0.406 e. The molecule has 0 bridgehead atoms. The molecule has 1 amide bonds. The number of nitrogens with zero attached hydrogens (tertiary/aromatic N) is 2. The van der Waals surface area contributed by atoms with Crippen LogP contribution < -0.4 is 10.1 Å². The Bertz CT molecular complexity index is 849. The van der Waals surface area contributed by atoms with Gasteiger partial charge in [-0.25, -0.2) is 0 Å². The summed E-state index contributed by atoms with van der Waals surface area (Å²) in [5, 5.41) is 6.75. The number of halogens is 3. The number of benzene rings is 1. The summed E-state index contributed by atoms with van der Waals surface area (Å²) >= 11 is 0. The summed E-state index contributed by atoms with van der Waals surface area (Å²) < 4.78 is 46.1. The van der Waals surface area contributed by atoms with Crippen LogP contribution in [0.4, 0.5) is 13.2 Å². The Morgan fingerprint density at radius 1 is 1.30 bits per heavy atom. The first-order valence-corrected chi connectivity index (χ1v) is 10.1. The number of aryl methyl sites for hydroxylation is 1. The lowest BCUT2D eigenvalue weighted by Gasteiger charge is -2.33. The van der Waals surface area contributed by atoms with E-state index in [2.05, 4.69) is 27.0 Å². The summed E-state index contributed by atoms with van der Waals surface area (Å²) in [5.41, 5.74) is 1.14. The Hall–Kier alpha value is -2.55. The number of carbonyl (C=O) groups excluding carboxylic acids is 1. The van der Waals surface area contributed by atoms with Crippen LogP contribution in [-0.2, 0) is 0 Å². The maximum Gasteiger partial charge on any atom is 0.573 e. The molecule has 1 N–H and O–H groups in total. The molecule has 1 unspecified atom stereocenters. The summed E-state index contributed by atoms with van der Waals surface area (Å²) in [6, 6.07) is 5.71. The monoisotopic (exact) mass is 425 g/mol. The molecule has 3 rings (SSSR count). The fraction of sp³-hybridized carbons (Fsp3) is 0.524. The van der Waals surface area contributed by atoms with Crippen molar-refractivity contribution < 1.29 is 27.2 Å². The molecule has 1 aromatic heterocycles. The number of alkyl halides is 3. The van der Waals surface area contributed by atoms with Crippen LogP contribution in [-0.4, -0.2) is 48.0 Å². The third kappa shape index (κ3) is 5.75. The van der Waals surface area contributed by atoms with Gasteiger partial charge in [0, 0.05) is 24.7 Å². The number of amides is 1. The second-order valence-electron chi connectivity index (χ2n) is 7.53. The third-order valence-corrected chi connectivity index (χ3v) is 5.29. The predicted octanol–water partition coefficient (Wildman–Crippen LogP) is 4.54. The molecule has 164 valence electrons. The number of hydrogen-bond acceptors (Lipinski definition) is 5. The number of rotatable bonds is 7. The maximum absolute atomic E-state index is 12.7. The van der Waals surface area contributed by atoms with Gasteiger partial charge in [0.05, 0.1) is 5.69 Å². The number of nitrogens with one attached hydrogen (secondary N) is 1. The first-order valence-electron chi connectivity index (χ1n) is 10.1. The third-order valence-electron chi connectivity index (χ3n) is 5.29. The molecule has 0 aliphatic carbocycles. The quantitative estimate of drug-likeness (QED) is 0.660. The fourth-order valence-corrected chi connectivity index (χ4v) is 3.70. The second kappa shape index (κ2) is 9.51. The van der Waals surface area contributed by atoms with Gasteiger partial charge >= 0.3 is 6.36 Å². The number of hydrogen-bond donors (Lipinski definition) is 1. The van der Waals surface area contributed by atoms with Gasteiger partial charge in [-0.1, -0.05) is 11.6 Å². The van der Waals surface area contributed by atoms with E-state index in [0.717, 1.165) is 19.5 Å². The Kier molecular flexibility index (Phi) is 7.02. The minimum Gasteiger partial charge on any atom is -0.406 e. The molecule has 1 atom stereocenters. The van der Waals surface area contributed by atoms with Crippen molar-refractivity contribution in [3.63, 3.8) is 0 Å². The fourth-order valence-electron chi connectivity index (χ4n) is 3.70. The Labute approximate surface area is 173 Å². The van der Waals surface area contributed by atoms with Crippen molar-refractivity contribution in [2.45, 2.75) is 51.9 Å². The highest BCUT2D eigenvalue weighted by molar-refractivity contribution is 6.00. The second-order valence-corrected chi connectivity index (χ2v) is 7.53. The summed E-state index contributed by atoms with van der Waals surface area (Å²) in [6.45, 7) is 6.42. The number of carbonyl (C=O) groups is 1. The average Bonchev–Trinajstić information content (AvgIpc) is 3.07. The largest absolute Gasteiger partial charge is 0.573 e. The highest BCUT2D eigenvalue weighted by Crippen LogP contribution is 2.29. The molecule has 1 aliphatic heterocycles. The van der Waals surface area contributed by atoms with E-state index in [9.17, 15) is 18.0 Å². The highest BCUT2D eigenvalue weighted by atomic mass is 19.4. The summed E-state index contributed by atoms with van der Waals surface area (Å²) in [5.74, 6) is -0.445. The molecule has 30 heavy (non-hydrogen) atoms. The first kappa shape index (κ1) is 22.1. The molecule has 1 saturated heterocycles. The van der Waals surface area contributed by atoms with Crippen LogP contribution in [0, 0.1) is 6.92 Å². The molecule has 2 aromatic rings. The lowest BCUT2D eigenvalue weighted by atomic mass is 10.0. The molecule has 9 heteroatoms. The normalized spacial score (nSPS) is 17.7. The predicted molar refractivity (Wildman–Crippen MR) is 105 cm³/mol. The van der Waals surface area contributed by atoms with Crippen LogP contribution in [0.3, 0.4) is 0 Å². The van der Waals surface area contributed by atoms with Gasteiger partial charge in [-0.2, -0.15) is 0 Å². The molecule has 6 nitrogen and oxygen atoms in total. The van der Waals surface area contributed by atoms with Crippen molar-refractivity contribution in [2.24, 2.45) is 0 Å². The van der Waals surface area contributed by atoms with Crippen molar-refractivity contribution in [3.8, 4) is 17.1 Å². The Morgan fingerprint density at radius 2 is 2.03 bits per heavy atom. The topological polar surface area (TPSA) is 67.6 Å². The minimum atomic E-state index is -4.76. The van der Waals surface area contributed by atoms with E-state index >= 15 is 0 Å². The Morgan fingerprint density at radius 3 is 2.70 bits per heavy atom. The van der Waals surface area contributed by atoms with E-state index < -0.39 is 6.36 Å². The summed E-state index contributed by atoms with van der Waals surface area (Å²) in [4.78, 5) is 15.1. The molecular formula is C21H26F3N3O3. The van der Waals surface area contributed by atoms with Gasteiger partial charge in [0.15, 0.2) is 5.76 Å². The standard InChI is InChI=1S/C21H26F3N3O3/c1-14-6-3-4-12-27(14)13-5-11-25-20(28)18-15(2)26-30-19(18)16-7-9-17(10-8-16)29-21(22,23)24/h7-10,14H,3-6,11-13H2,1-2H3,(H,25,28). The van der Waals surface area contributed by atoms with Crippen molar-refractivity contribution in [1.82, 2.24) is 15.4 Å². The van der Waals surface area contributed by atoms with Crippen LogP contribution in [0.25, 0.3) is 11.3 Å². The van der Waals surface area contributed by atoms with Crippen LogP contribution in [0.2, 0.25) is 0 Å². The van der Waals surface area contributed by atoms with Crippen LogP contribution in [0.15, 0.2) is 28.8 Å². The highest BCUT2D eigenvalue weighted by Gasteiger charge is 2.31. The van der Waals surface area contributed by atoms with Gasteiger partial charge in [-0.05, 0) is 63.9 Å². The lowest BCUT2D eigenvalue weighted by Crippen LogP contribution is -2.39. The average molecular weight is 425 g/mol. The van der Waals surface area contributed by atoms with Gasteiger partial charge < -0.3 is 19.5 Å². The molecule has 0 radical (unpaired) electrons. The van der Waals surface area contributed by atoms with Crippen LogP contribution in [0.1, 0.15) is 48.7 Å². The maximum atomic E-state index is 12.7. The SMILES string of the molecule is Cc1noc(-c2ccc(OC(F)(F)F)cc2)c1C(=O)NCCCN1CCCCC1C. The van der Waals surface area contributed by atoms with Crippen molar-refractivity contribution in [3.05, 3.63) is 35.5 Å². The van der Waals surface area contributed by atoms with Crippen molar-refractivity contribution in [1.29, 1.82) is 0 Å². The van der Waals surface area contributed by atoms with Crippen molar-refractivity contribution in [2.75, 3.05) is 19.6 Å². The van der Waals surface area contributed by atoms with Gasteiger partial charge in [0.2, 0.25) is 0 Å². The zero-order valence-corrected chi connectivity index (χ0v) is 17.1. The Balaban J connectivity index is 1.60. The summed E-state index contributed by atoms with van der Waals surface area (Å²) in [6.07, 6.45) is -0.233. The van der Waals surface area contributed by atoms with Crippen LogP contribution >= 0.6 is 0 Å². The molecule has 1 aromatic carbocycles. The number of aromatic nitrogens is 1. The van der Waals surface area contributed by atoms with Gasteiger partial charge in [0.25, 0.3) is 5.91 Å². The number of piperidine rings is 1. The van der Waals surface area contributed by atoms with Gasteiger partial charge in [-0.15, -0.1) is 13.2 Å². The van der Waals surface area contributed by atoms with Gasteiger partial charge in [0.1, 0.15) is 11.3 Å². The van der Waals surface area contributed by atoms with Crippen molar-refractivity contribution >= 4 is 5.91 Å². The van der Waals surface area contributed by atoms with Gasteiger partial charge in [-0.3, -0.25) is 4.79 Å². The zero-order chi connectivity index (χ0) is 21.7. The van der Waals surface area contributed by atoms with E-state index in [-0.39, 0.29) is 23.0 Å². The van der Waals surface area contributed by atoms with E-state index in [4.69, 9.17) is 4.52 Å². The molecule has 1 aliphatic rings. The molecule has 1 fully saturated rings. The summed E-state index contributed by atoms with van der Waals surface area (Å²) in [7, 11) is 0. The zero-order valence-electron chi connectivity index (χ0n) is 17.1. The molecule has 0 spiro atoms. The van der Waals surface area contributed by atoms with E-state index in [1.54, 1.807) is 6.92 Å². The number of ether oxygens (including phenoxy) is 1. The van der Waals surface area contributed by atoms with E-state index in [0.29, 0.717) is 23.8 Å². The minimum absolute atomic E-state index is 0.216. The lowest BCUT2D eigenvalue weighted by molar-refractivity contribution is -0.274. The van der Waals surface area contributed by atoms with E-state index in [1.165, 1.54) is 43.5 Å².